The third kappa shape index (κ3) is 3.64. The molecule has 0 radical (unpaired) electrons. The van der Waals surface area contributed by atoms with Crippen LogP contribution in [0.15, 0.2) is 16.6 Å². The number of carbonyl (C=O) groups excluding carboxylic acids is 2. The van der Waals surface area contributed by atoms with Crippen LogP contribution in [0.4, 0.5) is 5.69 Å². The Labute approximate surface area is 133 Å². The van der Waals surface area contributed by atoms with Crippen LogP contribution in [0.2, 0.25) is 0 Å². The van der Waals surface area contributed by atoms with Gasteiger partial charge in [-0.05, 0) is 39.4 Å². The third-order valence-electron chi connectivity index (χ3n) is 3.97. The maximum absolute atomic E-state index is 12.5. The molecule has 0 aliphatic carbocycles. The van der Waals surface area contributed by atoms with Gasteiger partial charge < -0.3 is 10.1 Å². The molecule has 0 fully saturated rings. The predicted octanol–water partition coefficient (Wildman–Crippen LogP) is 4.04. The molecule has 1 N–H and O–H groups in total. The Kier molecular flexibility index (Phi) is 4.42. The fraction of sp³-hybridized carbons (Fsp3) is 0.500. The molecule has 21 heavy (non-hydrogen) atoms. The Balaban J connectivity index is 2.24. The zero-order valence-corrected chi connectivity index (χ0v) is 14.3. The molecule has 0 saturated heterocycles. The summed E-state index contributed by atoms with van der Waals surface area (Å²) in [6.45, 7) is 8.46. The minimum absolute atomic E-state index is 0.0132. The van der Waals surface area contributed by atoms with Gasteiger partial charge in [-0.15, -0.1) is 0 Å². The second kappa shape index (κ2) is 5.79. The zero-order chi connectivity index (χ0) is 15.8. The van der Waals surface area contributed by atoms with Crippen LogP contribution in [0.25, 0.3) is 0 Å². The Bertz CT molecular complexity index is 590. The van der Waals surface area contributed by atoms with Gasteiger partial charge in [-0.2, -0.15) is 0 Å². The molecule has 2 rings (SSSR count). The van der Waals surface area contributed by atoms with Gasteiger partial charge in [0.05, 0.1) is 5.69 Å². The summed E-state index contributed by atoms with van der Waals surface area (Å²) in [6, 6.07) is 3.43. The first-order valence-electron chi connectivity index (χ1n) is 6.98. The second-order valence-corrected chi connectivity index (χ2v) is 7.41. The number of Topliss-reactive ketones (excluding diaryl/α,β-unsaturated/α-hetero) is 1. The number of carbonyl (C=O) groups is 2. The summed E-state index contributed by atoms with van der Waals surface area (Å²) >= 11 is 3.41. The summed E-state index contributed by atoms with van der Waals surface area (Å²) < 4.78 is 6.05. The van der Waals surface area contributed by atoms with Crippen molar-refractivity contribution in [2.45, 2.75) is 34.1 Å². The van der Waals surface area contributed by atoms with Crippen LogP contribution in [-0.4, -0.2) is 18.3 Å². The molecule has 0 aromatic heterocycles. The number of fused-ring (bicyclic) bond motifs is 1. The molecule has 1 aromatic rings. The molecule has 1 aliphatic rings. The average Bonchev–Trinajstić information content (AvgIpc) is 2.36. The zero-order valence-electron chi connectivity index (χ0n) is 12.7. The largest absolute Gasteiger partial charge is 0.482 e. The normalized spacial score (nSPS) is 15.8. The van der Waals surface area contributed by atoms with Gasteiger partial charge in [0.25, 0.3) is 5.91 Å². The van der Waals surface area contributed by atoms with Crippen molar-refractivity contribution in [2.24, 2.45) is 11.3 Å². The van der Waals surface area contributed by atoms with Gasteiger partial charge in [0.15, 0.2) is 12.4 Å². The van der Waals surface area contributed by atoms with Crippen molar-refractivity contribution < 1.29 is 14.3 Å². The lowest BCUT2D eigenvalue weighted by Gasteiger charge is -2.27. The highest BCUT2D eigenvalue weighted by atomic mass is 79.9. The van der Waals surface area contributed by atoms with E-state index in [1.54, 1.807) is 12.1 Å². The minimum Gasteiger partial charge on any atom is -0.482 e. The molecule has 4 nitrogen and oxygen atoms in total. The molecule has 1 unspecified atom stereocenters. The van der Waals surface area contributed by atoms with Gasteiger partial charge in [-0.3, -0.25) is 9.59 Å². The van der Waals surface area contributed by atoms with Gasteiger partial charge in [0, 0.05) is 16.5 Å². The van der Waals surface area contributed by atoms with E-state index in [1.165, 1.54) is 0 Å². The predicted molar refractivity (Wildman–Crippen MR) is 85.8 cm³/mol. The number of ether oxygens (including phenoxy) is 1. The molecule has 5 heteroatoms. The molecule has 0 spiro atoms. The van der Waals surface area contributed by atoms with Crippen LogP contribution in [0.5, 0.6) is 5.75 Å². The fourth-order valence-electron chi connectivity index (χ4n) is 2.01. The number of hydrogen-bond donors (Lipinski definition) is 1. The summed E-state index contributed by atoms with van der Waals surface area (Å²) in [5.41, 5.74) is 1.28. The SMILES string of the molecule is CC(CC(=O)c1cc2c(cc1Br)NC(=O)CO2)C(C)(C)C. The van der Waals surface area contributed by atoms with E-state index in [0.29, 0.717) is 27.9 Å². The Morgan fingerprint density at radius 2 is 2.10 bits per heavy atom. The third-order valence-corrected chi connectivity index (χ3v) is 4.63. The van der Waals surface area contributed by atoms with Crippen LogP contribution < -0.4 is 10.1 Å². The van der Waals surface area contributed by atoms with Gasteiger partial charge in [-0.1, -0.05) is 27.7 Å². The molecule has 1 aromatic carbocycles. The first-order chi connectivity index (χ1) is 9.68. The van der Waals surface area contributed by atoms with Crippen molar-refractivity contribution in [3.8, 4) is 5.75 Å². The monoisotopic (exact) mass is 353 g/mol. The lowest BCUT2D eigenvalue weighted by molar-refractivity contribution is -0.118. The van der Waals surface area contributed by atoms with Gasteiger partial charge in [0.1, 0.15) is 5.75 Å². The summed E-state index contributed by atoms with van der Waals surface area (Å²) in [7, 11) is 0. The quantitative estimate of drug-likeness (QED) is 0.834. The Morgan fingerprint density at radius 1 is 1.43 bits per heavy atom. The number of rotatable bonds is 3. The first-order valence-corrected chi connectivity index (χ1v) is 7.77. The van der Waals surface area contributed by atoms with Crippen molar-refractivity contribution in [3.05, 3.63) is 22.2 Å². The van der Waals surface area contributed by atoms with Crippen LogP contribution >= 0.6 is 15.9 Å². The Hall–Kier alpha value is -1.36. The number of nitrogens with one attached hydrogen (secondary N) is 1. The molecule has 0 bridgehead atoms. The van der Waals surface area contributed by atoms with E-state index in [9.17, 15) is 9.59 Å². The van der Waals surface area contributed by atoms with Crippen molar-refractivity contribution in [1.82, 2.24) is 0 Å². The van der Waals surface area contributed by atoms with Crippen LogP contribution in [0, 0.1) is 11.3 Å². The number of hydrogen-bond acceptors (Lipinski definition) is 3. The van der Waals surface area contributed by atoms with Crippen LogP contribution in [-0.2, 0) is 4.79 Å². The molecular weight excluding hydrogens is 334 g/mol. The lowest BCUT2D eigenvalue weighted by atomic mass is 9.78. The summed E-state index contributed by atoms with van der Waals surface area (Å²) in [6.07, 6.45) is 0.479. The fourth-order valence-corrected chi connectivity index (χ4v) is 2.57. The highest BCUT2D eigenvalue weighted by molar-refractivity contribution is 9.10. The Morgan fingerprint density at radius 3 is 2.71 bits per heavy atom. The second-order valence-electron chi connectivity index (χ2n) is 6.56. The van der Waals surface area contributed by atoms with E-state index < -0.39 is 0 Å². The number of benzene rings is 1. The van der Waals surface area contributed by atoms with Crippen LogP contribution in [0.1, 0.15) is 44.5 Å². The number of anilines is 1. The first kappa shape index (κ1) is 16.0. The molecule has 0 saturated carbocycles. The lowest BCUT2D eigenvalue weighted by Crippen LogP contribution is -2.26. The molecule has 1 aliphatic heterocycles. The van der Waals surface area contributed by atoms with Gasteiger partial charge >= 0.3 is 0 Å². The number of halogens is 1. The van der Waals surface area contributed by atoms with Crippen LogP contribution in [0.3, 0.4) is 0 Å². The summed E-state index contributed by atoms with van der Waals surface area (Å²) in [5.74, 6) is 0.709. The number of ketones is 1. The highest BCUT2D eigenvalue weighted by Crippen LogP contribution is 2.36. The van der Waals surface area contributed by atoms with E-state index >= 15 is 0 Å². The van der Waals surface area contributed by atoms with E-state index in [1.807, 2.05) is 0 Å². The van der Waals surface area contributed by atoms with Crippen molar-refractivity contribution in [2.75, 3.05) is 11.9 Å². The average molecular weight is 354 g/mol. The summed E-state index contributed by atoms with van der Waals surface area (Å²) in [5, 5.41) is 2.73. The smallest absolute Gasteiger partial charge is 0.262 e. The molecule has 1 heterocycles. The van der Waals surface area contributed by atoms with E-state index in [0.717, 1.165) is 0 Å². The number of amides is 1. The summed E-state index contributed by atoms with van der Waals surface area (Å²) in [4.78, 5) is 23.8. The van der Waals surface area contributed by atoms with Crippen molar-refractivity contribution >= 4 is 33.3 Å². The van der Waals surface area contributed by atoms with Crippen molar-refractivity contribution in [1.29, 1.82) is 0 Å². The van der Waals surface area contributed by atoms with Crippen molar-refractivity contribution in [3.63, 3.8) is 0 Å². The molecule has 1 atom stereocenters. The molecule has 1 amide bonds. The van der Waals surface area contributed by atoms with E-state index in [-0.39, 0.29) is 29.6 Å². The van der Waals surface area contributed by atoms with E-state index in [2.05, 4.69) is 48.9 Å². The molecular formula is C16H20BrNO3. The van der Waals surface area contributed by atoms with Gasteiger partial charge in [-0.25, -0.2) is 0 Å². The maximum atomic E-state index is 12.5. The minimum atomic E-state index is -0.185. The van der Waals surface area contributed by atoms with E-state index in [4.69, 9.17) is 4.74 Å². The standard InChI is InChI=1S/C16H20BrNO3/c1-9(16(2,3)4)5-13(19)10-6-14-12(7-11(10)17)18-15(20)8-21-14/h6-7,9H,5,8H2,1-4H3,(H,18,20). The topological polar surface area (TPSA) is 55.4 Å². The maximum Gasteiger partial charge on any atom is 0.262 e. The van der Waals surface area contributed by atoms with Gasteiger partial charge in [0.2, 0.25) is 0 Å². The molecule has 114 valence electrons. The highest BCUT2D eigenvalue weighted by Gasteiger charge is 2.25.